The molecule has 31 heavy (non-hydrogen) atoms. The van der Waals surface area contributed by atoms with Crippen LogP contribution < -0.4 is 20.1 Å². The Morgan fingerprint density at radius 2 is 2.00 bits per heavy atom. The molecule has 2 aromatic heterocycles. The van der Waals surface area contributed by atoms with E-state index in [-0.39, 0.29) is 30.8 Å². The number of nitrogens with one attached hydrogen (secondary N) is 2. The molecule has 9 nitrogen and oxygen atoms in total. The summed E-state index contributed by atoms with van der Waals surface area (Å²) in [5.74, 6) is 3.39. The van der Waals surface area contributed by atoms with Crippen LogP contribution in [0.1, 0.15) is 18.3 Å². The standard InChI is InChI=1S/C21H24N6O3.HI/c1-2-22-21(24-11-8-15-6-7-17-18(13-15)29-14-28-17)25-12-9-19-26-20(30-27-19)16-5-3-4-10-23-16;/h3-7,10,13H,2,8-9,11-12,14H2,1H3,(H2,22,24,25);1H. The zero-order chi connectivity index (χ0) is 20.6. The first kappa shape index (κ1) is 22.8. The number of hydrogen-bond acceptors (Lipinski definition) is 7. The van der Waals surface area contributed by atoms with Crippen LogP contribution in [0.5, 0.6) is 11.5 Å². The first-order valence-electron chi connectivity index (χ1n) is 9.96. The third-order valence-electron chi connectivity index (χ3n) is 4.44. The third kappa shape index (κ3) is 6.29. The molecule has 0 bridgehead atoms. The third-order valence-corrected chi connectivity index (χ3v) is 4.44. The largest absolute Gasteiger partial charge is 0.454 e. The van der Waals surface area contributed by atoms with Gasteiger partial charge in [-0.15, -0.1) is 24.0 Å². The maximum absolute atomic E-state index is 5.43. The molecule has 1 aliphatic rings. The van der Waals surface area contributed by atoms with Crippen molar-refractivity contribution in [3.05, 3.63) is 54.0 Å². The van der Waals surface area contributed by atoms with Gasteiger partial charge in [0, 0.05) is 32.3 Å². The van der Waals surface area contributed by atoms with E-state index in [1.807, 2.05) is 37.3 Å². The van der Waals surface area contributed by atoms with Gasteiger partial charge in [-0.25, -0.2) is 0 Å². The number of aliphatic imine (C=N–C) groups is 1. The number of benzene rings is 1. The smallest absolute Gasteiger partial charge is 0.276 e. The van der Waals surface area contributed by atoms with E-state index in [1.54, 1.807) is 6.20 Å². The molecule has 0 saturated carbocycles. The van der Waals surface area contributed by atoms with Crippen LogP contribution in [0.2, 0.25) is 0 Å². The van der Waals surface area contributed by atoms with Crippen LogP contribution in [0.25, 0.3) is 11.6 Å². The summed E-state index contributed by atoms with van der Waals surface area (Å²) in [7, 11) is 0. The van der Waals surface area contributed by atoms with Gasteiger partial charge in [-0.2, -0.15) is 4.98 Å². The molecule has 4 rings (SSSR count). The number of ether oxygens (including phenoxy) is 2. The lowest BCUT2D eigenvalue weighted by Gasteiger charge is -2.11. The maximum Gasteiger partial charge on any atom is 0.276 e. The minimum Gasteiger partial charge on any atom is -0.454 e. The molecule has 10 heteroatoms. The van der Waals surface area contributed by atoms with Crippen LogP contribution in [0.3, 0.4) is 0 Å². The number of pyridine rings is 1. The number of fused-ring (bicyclic) bond motifs is 1. The van der Waals surface area contributed by atoms with E-state index in [9.17, 15) is 0 Å². The maximum atomic E-state index is 5.43. The van der Waals surface area contributed by atoms with Gasteiger partial charge in [0.25, 0.3) is 5.89 Å². The van der Waals surface area contributed by atoms with E-state index < -0.39 is 0 Å². The average Bonchev–Trinajstić information content (AvgIpc) is 3.43. The van der Waals surface area contributed by atoms with E-state index in [4.69, 9.17) is 14.0 Å². The van der Waals surface area contributed by atoms with Gasteiger partial charge in [0.15, 0.2) is 23.3 Å². The molecule has 3 aromatic rings. The van der Waals surface area contributed by atoms with Crippen molar-refractivity contribution < 1.29 is 14.0 Å². The predicted molar refractivity (Wildman–Crippen MR) is 127 cm³/mol. The van der Waals surface area contributed by atoms with Gasteiger partial charge in [-0.3, -0.25) is 9.98 Å². The molecular weight excluding hydrogens is 511 g/mol. The molecule has 1 aliphatic heterocycles. The van der Waals surface area contributed by atoms with E-state index in [1.165, 1.54) is 5.56 Å². The van der Waals surface area contributed by atoms with E-state index >= 15 is 0 Å². The Kier molecular flexibility index (Phi) is 8.44. The quantitative estimate of drug-likeness (QED) is 0.257. The fourth-order valence-corrected chi connectivity index (χ4v) is 2.98. The summed E-state index contributed by atoms with van der Waals surface area (Å²) < 4.78 is 16.1. The van der Waals surface area contributed by atoms with Gasteiger partial charge in [0.1, 0.15) is 5.69 Å². The monoisotopic (exact) mass is 536 g/mol. The Morgan fingerprint density at radius 1 is 1.10 bits per heavy atom. The summed E-state index contributed by atoms with van der Waals surface area (Å²) in [6.07, 6.45) is 3.12. The van der Waals surface area contributed by atoms with Gasteiger partial charge >= 0.3 is 0 Å². The molecule has 2 N–H and O–H groups in total. The molecule has 0 amide bonds. The number of guanidine groups is 1. The molecule has 0 unspecified atom stereocenters. The highest BCUT2D eigenvalue weighted by Gasteiger charge is 2.13. The van der Waals surface area contributed by atoms with Crippen molar-refractivity contribution in [3.8, 4) is 23.1 Å². The second kappa shape index (κ2) is 11.5. The van der Waals surface area contributed by atoms with Crippen LogP contribution in [0, 0.1) is 0 Å². The van der Waals surface area contributed by atoms with Crippen LogP contribution in [0.4, 0.5) is 0 Å². The number of aromatic nitrogens is 3. The zero-order valence-corrected chi connectivity index (χ0v) is 19.5. The molecule has 0 aliphatic carbocycles. The second-order valence-electron chi connectivity index (χ2n) is 6.61. The minimum absolute atomic E-state index is 0. The van der Waals surface area contributed by atoms with Crippen LogP contribution in [-0.2, 0) is 12.8 Å². The van der Waals surface area contributed by atoms with Crippen molar-refractivity contribution in [1.29, 1.82) is 0 Å². The summed E-state index contributed by atoms with van der Waals surface area (Å²) in [5, 5.41) is 10.6. The van der Waals surface area contributed by atoms with Crippen molar-refractivity contribution in [2.24, 2.45) is 4.99 Å². The van der Waals surface area contributed by atoms with Crippen molar-refractivity contribution in [2.45, 2.75) is 19.8 Å². The Labute approximate surface area is 197 Å². The van der Waals surface area contributed by atoms with Crippen LogP contribution >= 0.6 is 24.0 Å². The van der Waals surface area contributed by atoms with Crippen LogP contribution in [0.15, 0.2) is 52.1 Å². The summed E-state index contributed by atoms with van der Waals surface area (Å²) in [5.41, 5.74) is 1.84. The molecular formula is C21H25IN6O3. The molecule has 0 atom stereocenters. The number of nitrogens with zero attached hydrogens (tertiary/aromatic N) is 4. The Bertz CT molecular complexity index is 996. The van der Waals surface area contributed by atoms with Gasteiger partial charge in [-0.1, -0.05) is 17.3 Å². The lowest BCUT2D eigenvalue weighted by molar-refractivity contribution is 0.174. The summed E-state index contributed by atoms with van der Waals surface area (Å²) in [6.45, 7) is 4.39. The van der Waals surface area contributed by atoms with E-state index in [0.29, 0.717) is 30.4 Å². The Balaban J connectivity index is 0.00000272. The summed E-state index contributed by atoms with van der Waals surface area (Å²) >= 11 is 0. The first-order valence-corrected chi connectivity index (χ1v) is 9.96. The number of hydrogen-bond donors (Lipinski definition) is 2. The fraction of sp³-hybridized carbons (Fsp3) is 0.333. The molecule has 3 heterocycles. The Morgan fingerprint density at radius 3 is 2.84 bits per heavy atom. The molecule has 0 fully saturated rings. The molecule has 164 valence electrons. The number of rotatable bonds is 8. The van der Waals surface area contributed by atoms with Gasteiger partial charge < -0.3 is 24.6 Å². The average molecular weight is 536 g/mol. The normalized spacial score (nSPS) is 12.4. The van der Waals surface area contributed by atoms with Crippen LogP contribution in [-0.4, -0.2) is 47.5 Å². The minimum atomic E-state index is 0. The van der Waals surface area contributed by atoms with E-state index in [2.05, 4.69) is 36.8 Å². The molecule has 0 spiro atoms. The zero-order valence-electron chi connectivity index (χ0n) is 17.2. The van der Waals surface area contributed by atoms with Crippen molar-refractivity contribution >= 4 is 29.9 Å². The lowest BCUT2D eigenvalue weighted by atomic mass is 10.1. The van der Waals surface area contributed by atoms with Gasteiger partial charge in [-0.05, 0) is 43.2 Å². The highest BCUT2D eigenvalue weighted by atomic mass is 127. The van der Waals surface area contributed by atoms with Crippen molar-refractivity contribution in [3.63, 3.8) is 0 Å². The highest BCUT2D eigenvalue weighted by molar-refractivity contribution is 14.0. The Hall–Kier alpha value is -2.89. The van der Waals surface area contributed by atoms with Gasteiger partial charge in [0.05, 0.1) is 0 Å². The van der Waals surface area contributed by atoms with E-state index in [0.717, 1.165) is 37.0 Å². The molecule has 0 saturated heterocycles. The number of halogens is 1. The van der Waals surface area contributed by atoms with Gasteiger partial charge in [0.2, 0.25) is 6.79 Å². The highest BCUT2D eigenvalue weighted by Crippen LogP contribution is 2.32. The van der Waals surface area contributed by atoms with Crippen molar-refractivity contribution in [1.82, 2.24) is 25.8 Å². The summed E-state index contributed by atoms with van der Waals surface area (Å²) in [6, 6.07) is 11.6. The lowest BCUT2D eigenvalue weighted by Crippen LogP contribution is -2.38. The SMILES string of the molecule is CCNC(=NCCc1noc(-c2ccccn2)n1)NCCc1ccc2c(c1)OCO2.I. The second-order valence-corrected chi connectivity index (χ2v) is 6.61. The fourth-order valence-electron chi connectivity index (χ4n) is 2.98. The first-order chi connectivity index (χ1) is 14.8. The predicted octanol–water partition coefficient (Wildman–Crippen LogP) is 2.82. The summed E-state index contributed by atoms with van der Waals surface area (Å²) in [4.78, 5) is 13.2. The molecule has 1 aromatic carbocycles. The topological polar surface area (TPSA) is 107 Å². The van der Waals surface area contributed by atoms with Crippen molar-refractivity contribution in [2.75, 3.05) is 26.4 Å². The molecule has 0 radical (unpaired) electrons.